The van der Waals surface area contributed by atoms with Crippen molar-refractivity contribution in [2.45, 2.75) is 20.8 Å². The maximum atomic E-state index is 11.1. The molecule has 11 heavy (non-hydrogen) atoms. The maximum absolute atomic E-state index is 11.1. The number of amides is 2. The summed E-state index contributed by atoms with van der Waals surface area (Å²) in [6, 6.07) is -0.170. The Morgan fingerprint density at radius 1 is 1.45 bits per heavy atom. The Morgan fingerprint density at radius 2 is 2.09 bits per heavy atom. The lowest BCUT2D eigenvalue weighted by atomic mass is 10.7. The van der Waals surface area contributed by atoms with E-state index in [-0.39, 0.29) is 6.03 Å². The van der Waals surface area contributed by atoms with Crippen LogP contribution in [0, 0.1) is 0 Å². The lowest BCUT2D eigenvalue weighted by Gasteiger charge is -2.18. The minimum absolute atomic E-state index is 0.170. The number of rotatable bonds is 4. The topological polar surface area (TPSA) is 41.6 Å². The zero-order valence-corrected chi connectivity index (χ0v) is 7.39. The second-order valence-corrected chi connectivity index (χ2v) is 1.95. The molecule has 0 aliphatic heterocycles. The molecule has 4 nitrogen and oxygen atoms in total. The maximum Gasteiger partial charge on any atom is 0.341 e. The van der Waals surface area contributed by atoms with Crippen molar-refractivity contribution < 1.29 is 9.63 Å². The average Bonchev–Trinajstić information content (AvgIpc) is 2.00. The highest BCUT2D eigenvalue weighted by atomic mass is 16.7. The Kier molecular flexibility index (Phi) is 5.56. The molecule has 0 aromatic rings. The second kappa shape index (κ2) is 5.97. The van der Waals surface area contributed by atoms with E-state index < -0.39 is 0 Å². The van der Waals surface area contributed by atoms with Gasteiger partial charge in [-0.1, -0.05) is 0 Å². The van der Waals surface area contributed by atoms with Crippen molar-refractivity contribution in [3.05, 3.63) is 0 Å². The van der Waals surface area contributed by atoms with E-state index in [2.05, 4.69) is 5.32 Å². The molecule has 2 amide bonds. The van der Waals surface area contributed by atoms with Crippen LogP contribution in [0.25, 0.3) is 0 Å². The summed E-state index contributed by atoms with van der Waals surface area (Å²) in [6.07, 6.45) is 0. The third-order valence-corrected chi connectivity index (χ3v) is 1.13. The first-order chi connectivity index (χ1) is 5.26. The minimum Gasteiger partial charge on any atom is -0.336 e. The molecule has 66 valence electrons. The van der Waals surface area contributed by atoms with E-state index in [0.29, 0.717) is 19.7 Å². The summed E-state index contributed by atoms with van der Waals surface area (Å²) in [5.74, 6) is 0. The normalized spacial score (nSPS) is 9.36. The van der Waals surface area contributed by atoms with Gasteiger partial charge in [0, 0.05) is 13.1 Å². The van der Waals surface area contributed by atoms with E-state index in [1.54, 1.807) is 0 Å². The Hall–Kier alpha value is -0.770. The molecular formula is C7H16N2O2. The smallest absolute Gasteiger partial charge is 0.336 e. The van der Waals surface area contributed by atoms with Crippen molar-refractivity contribution in [1.82, 2.24) is 10.4 Å². The van der Waals surface area contributed by atoms with Crippen LogP contribution in [0.5, 0.6) is 0 Å². The lowest BCUT2D eigenvalue weighted by Crippen LogP contribution is -2.39. The molecule has 0 aliphatic rings. The van der Waals surface area contributed by atoms with Crippen molar-refractivity contribution >= 4 is 6.03 Å². The minimum atomic E-state index is -0.170. The summed E-state index contributed by atoms with van der Waals surface area (Å²) >= 11 is 0. The average molecular weight is 160 g/mol. The number of hydroxylamine groups is 2. The van der Waals surface area contributed by atoms with Crippen LogP contribution < -0.4 is 5.32 Å². The van der Waals surface area contributed by atoms with E-state index in [1.807, 2.05) is 20.8 Å². The van der Waals surface area contributed by atoms with Gasteiger partial charge in [-0.2, -0.15) is 0 Å². The molecule has 0 unspecified atom stereocenters. The van der Waals surface area contributed by atoms with Crippen LogP contribution in [0.4, 0.5) is 4.79 Å². The monoisotopic (exact) mass is 160 g/mol. The molecule has 1 N–H and O–H groups in total. The Labute approximate surface area is 67.5 Å². The predicted octanol–water partition coefficient (Wildman–Crippen LogP) is 0.989. The largest absolute Gasteiger partial charge is 0.341 e. The molecule has 0 rings (SSSR count). The van der Waals surface area contributed by atoms with E-state index in [1.165, 1.54) is 5.06 Å². The number of carbonyl (C=O) groups excluding carboxylic acids is 1. The molecule has 0 heterocycles. The standard InChI is InChI=1S/C7H16N2O2/c1-4-8-7(10)9(5-2)11-6-3/h4-6H2,1-3H3,(H,8,10). The van der Waals surface area contributed by atoms with Crippen molar-refractivity contribution in [2.75, 3.05) is 19.7 Å². The number of hydrogen-bond acceptors (Lipinski definition) is 2. The van der Waals surface area contributed by atoms with Crippen molar-refractivity contribution in [3.63, 3.8) is 0 Å². The van der Waals surface area contributed by atoms with Gasteiger partial charge in [0.05, 0.1) is 6.61 Å². The first-order valence-electron chi connectivity index (χ1n) is 3.94. The molecular weight excluding hydrogens is 144 g/mol. The Bertz CT molecular complexity index is 117. The van der Waals surface area contributed by atoms with E-state index in [9.17, 15) is 4.79 Å². The summed E-state index contributed by atoms with van der Waals surface area (Å²) in [5.41, 5.74) is 0. The zero-order valence-electron chi connectivity index (χ0n) is 7.39. The van der Waals surface area contributed by atoms with E-state index >= 15 is 0 Å². The fraction of sp³-hybridized carbons (Fsp3) is 0.857. The molecule has 0 aromatic carbocycles. The highest BCUT2D eigenvalue weighted by Crippen LogP contribution is 1.89. The van der Waals surface area contributed by atoms with E-state index in [4.69, 9.17) is 4.84 Å². The van der Waals surface area contributed by atoms with E-state index in [0.717, 1.165) is 0 Å². The highest BCUT2D eigenvalue weighted by molar-refractivity contribution is 5.72. The van der Waals surface area contributed by atoms with Gasteiger partial charge in [-0.25, -0.2) is 9.86 Å². The summed E-state index contributed by atoms with van der Waals surface area (Å²) in [6.45, 7) is 7.30. The molecule has 4 heteroatoms. The number of hydrogen-bond donors (Lipinski definition) is 1. The third-order valence-electron chi connectivity index (χ3n) is 1.13. The van der Waals surface area contributed by atoms with Crippen molar-refractivity contribution in [3.8, 4) is 0 Å². The van der Waals surface area contributed by atoms with Crippen LogP contribution in [-0.2, 0) is 4.84 Å². The van der Waals surface area contributed by atoms with Crippen LogP contribution in [0.1, 0.15) is 20.8 Å². The first-order valence-corrected chi connectivity index (χ1v) is 3.94. The van der Waals surface area contributed by atoms with Gasteiger partial charge in [0.2, 0.25) is 0 Å². The SMILES string of the molecule is CCNC(=O)N(CC)OCC. The molecule has 0 bridgehead atoms. The zero-order chi connectivity index (χ0) is 8.69. The van der Waals surface area contributed by atoms with Crippen LogP contribution in [-0.4, -0.2) is 30.8 Å². The van der Waals surface area contributed by atoms with Crippen LogP contribution in [0.15, 0.2) is 0 Å². The molecule has 0 saturated heterocycles. The van der Waals surface area contributed by atoms with Gasteiger partial charge >= 0.3 is 6.03 Å². The number of carbonyl (C=O) groups is 1. The lowest BCUT2D eigenvalue weighted by molar-refractivity contribution is -0.108. The first kappa shape index (κ1) is 10.2. The third kappa shape index (κ3) is 3.83. The molecule has 0 radical (unpaired) electrons. The Morgan fingerprint density at radius 3 is 2.45 bits per heavy atom. The number of nitrogens with zero attached hydrogens (tertiary/aromatic N) is 1. The van der Waals surface area contributed by atoms with Crippen molar-refractivity contribution in [1.29, 1.82) is 0 Å². The van der Waals surface area contributed by atoms with Gasteiger partial charge in [-0.05, 0) is 20.8 Å². The summed E-state index contributed by atoms with van der Waals surface area (Å²) < 4.78 is 0. The van der Waals surface area contributed by atoms with Gasteiger partial charge in [0.25, 0.3) is 0 Å². The molecule has 0 spiro atoms. The Balaban J connectivity index is 3.71. The summed E-state index contributed by atoms with van der Waals surface area (Å²) in [4.78, 5) is 16.1. The highest BCUT2D eigenvalue weighted by Gasteiger charge is 2.08. The van der Waals surface area contributed by atoms with Gasteiger partial charge in [-0.15, -0.1) is 0 Å². The van der Waals surface area contributed by atoms with Gasteiger partial charge in [0.1, 0.15) is 0 Å². The number of urea groups is 1. The van der Waals surface area contributed by atoms with Gasteiger partial charge in [-0.3, -0.25) is 4.84 Å². The predicted molar refractivity (Wildman–Crippen MR) is 43.1 cm³/mol. The quantitative estimate of drug-likeness (QED) is 0.623. The van der Waals surface area contributed by atoms with Gasteiger partial charge < -0.3 is 5.32 Å². The van der Waals surface area contributed by atoms with Crippen LogP contribution in [0.2, 0.25) is 0 Å². The van der Waals surface area contributed by atoms with Crippen LogP contribution in [0.3, 0.4) is 0 Å². The van der Waals surface area contributed by atoms with Gasteiger partial charge in [0.15, 0.2) is 0 Å². The van der Waals surface area contributed by atoms with Crippen molar-refractivity contribution in [2.24, 2.45) is 0 Å². The molecule has 0 aromatic heterocycles. The fourth-order valence-electron chi connectivity index (χ4n) is 0.689. The summed E-state index contributed by atoms with van der Waals surface area (Å²) in [7, 11) is 0. The molecule has 0 atom stereocenters. The summed E-state index contributed by atoms with van der Waals surface area (Å²) in [5, 5.41) is 3.95. The molecule has 0 saturated carbocycles. The molecule has 0 fully saturated rings. The fourth-order valence-corrected chi connectivity index (χ4v) is 0.689. The number of nitrogens with one attached hydrogen (secondary N) is 1. The second-order valence-electron chi connectivity index (χ2n) is 1.95. The molecule has 0 aliphatic carbocycles. The van der Waals surface area contributed by atoms with Crippen LogP contribution >= 0.6 is 0 Å².